The summed E-state index contributed by atoms with van der Waals surface area (Å²) in [5, 5.41) is 16.3. The molecular formula is C12H17N3O4. The van der Waals surface area contributed by atoms with E-state index in [9.17, 15) is 14.9 Å². The van der Waals surface area contributed by atoms with Crippen molar-refractivity contribution in [3.63, 3.8) is 0 Å². The zero-order chi connectivity index (χ0) is 14.1. The number of nitro groups is 1. The molecule has 1 aromatic rings. The van der Waals surface area contributed by atoms with Crippen LogP contribution < -0.4 is 10.6 Å². The number of methoxy groups -OCH3 is 1. The lowest BCUT2D eigenvalue weighted by Gasteiger charge is -2.06. The summed E-state index contributed by atoms with van der Waals surface area (Å²) in [5.41, 5.74) is 0.192. The molecule has 0 heterocycles. The molecule has 0 atom stereocenters. The van der Waals surface area contributed by atoms with Crippen LogP contribution in [-0.2, 0) is 4.74 Å². The molecule has 1 aromatic carbocycles. The molecule has 0 unspecified atom stereocenters. The second-order valence-corrected chi connectivity index (χ2v) is 3.81. The first-order valence-corrected chi connectivity index (χ1v) is 5.87. The summed E-state index contributed by atoms with van der Waals surface area (Å²) in [6.45, 7) is 2.39. The molecular weight excluding hydrogens is 250 g/mol. The number of ether oxygens (including phenoxy) is 1. The lowest BCUT2D eigenvalue weighted by atomic mass is 10.2. The Hall–Kier alpha value is -1.99. The average molecular weight is 267 g/mol. The van der Waals surface area contributed by atoms with Gasteiger partial charge in [-0.3, -0.25) is 14.9 Å². The highest BCUT2D eigenvalue weighted by atomic mass is 16.6. The Bertz CT molecular complexity index is 437. The third-order valence-electron chi connectivity index (χ3n) is 2.39. The zero-order valence-corrected chi connectivity index (χ0v) is 10.7. The lowest BCUT2D eigenvalue weighted by Crippen LogP contribution is -2.33. The molecule has 0 saturated heterocycles. The van der Waals surface area contributed by atoms with Crippen molar-refractivity contribution in [2.75, 3.05) is 33.4 Å². The molecule has 7 heteroatoms. The molecule has 7 nitrogen and oxygen atoms in total. The fourth-order valence-electron chi connectivity index (χ4n) is 1.43. The SMILES string of the molecule is COCCNCCNC(=O)c1cccc([N+](=O)[O-])c1. The average Bonchev–Trinajstić information content (AvgIpc) is 2.42. The molecule has 1 amide bonds. The molecule has 0 radical (unpaired) electrons. The number of carbonyl (C=O) groups is 1. The van der Waals surface area contributed by atoms with Crippen molar-refractivity contribution in [3.8, 4) is 0 Å². The fourth-order valence-corrected chi connectivity index (χ4v) is 1.43. The molecule has 0 fully saturated rings. The summed E-state index contributed by atoms with van der Waals surface area (Å²) in [4.78, 5) is 21.8. The second kappa shape index (κ2) is 8.17. The maximum atomic E-state index is 11.7. The molecule has 2 N–H and O–H groups in total. The topological polar surface area (TPSA) is 93.5 Å². The van der Waals surface area contributed by atoms with Crippen LogP contribution in [0.5, 0.6) is 0 Å². The first-order chi connectivity index (χ1) is 9.15. The first kappa shape index (κ1) is 15.1. The predicted molar refractivity (Wildman–Crippen MR) is 70.2 cm³/mol. The van der Waals surface area contributed by atoms with Crippen molar-refractivity contribution in [2.24, 2.45) is 0 Å². The summed E-state index contributed by atoms with van der Waals surface area (Å²) in [7, 11) is 1.62. The number of nitrogens with zero attached hydrogens (tertiary/aromatic N) is 1. The standard InChI is InChI=1S/C12H17N3O4/c1-19-8-7-13-5-6-14-12(16)10-3-2-4-11(9-10)15(17)18/h2-4,9,13H,5-8H2,1H3,(H,14,16). The summed E-state index contributed by atoms with van der Waals surface area (Å²) in [5.74, 6) is -0.322. The second-order valence-electron chi connectivity index (χ2n) is 3.81. The van der Waals surface area contributed by atoms with Crippen molar-refractivity contribution in [1.82, 2.24) is 10.6 Å². The summed E-state index contributed by atoms with van der Waals surface area (Å²) < 4.78 is 4.86. The van der Waals surface area contributed by atoms with Crippen LogP contribution in [0.1, 0.15) is 10.4 Å². The van der Waals surface area contributed by atoms with Gasteiger partial charge in [0.15, 0.2) is 0 Å². The molecule has 0 bridgehead atoms. The van der Waals surface area contributed by atoms with Crippen molar-refractivity contribution in [2.45, 2.75) is 0 Å². The van der Waals surface area contributed by atoms with Crippen LogP contribution in [0.3, 0.4) is 0 Å². The summed E-state index contributed by atoms with van der Waals surface area (Å²) >= 11 is 0. The summed E-state index contributed by atoms with van der Waals surface area (Å²) in [6, 6.07) is 5.64. The van der Waals surface area contributed by atoms with Gasteiger partial charge in [0, 0.05) is 44.4 Å². The van der Waals surface area contributed by atoms with Gasteiger partial charge in [0.25, 0.3) is 11.6 Å². The molecule has 0 spiro atoms. The van der Waals surface area contributed by atoms with E-state index in [0.29, 0.717) is 26.2 Å². The van der Waals surface area contributed by atoms with E-state index in [2.05, 4.69) is 10.6 Å². The minimum atomic E-state index is -0.525. The van der Waals surface area contributed by atoms with E-state index in [1.165, 1.54) is 18.2 Å². The minimum absolute atomic E-state index is 0.0918. The van der Waals surface area contributed by atoms with Gasteiger partial charge in [-0.2, -0.15) is 0 Å². The van der Waals surface area contributed by atoms with Crippen LogP contribution in [0.25, 0.3) is 0 Å². The van der Waals surface area contributed by atoms with E-state index >= 15 is 0 Å². The van der Waals surface area contributed by atoms with Crippen molar-refractivity contribution < 1.29 is 14.5 Å². The number of nitrogens with one attached hydrogen (secondary N) is 2. The molecule has 104 valence electrons. The Morgan fingerprint density at radius 2 is 2.16 bits per heavy atom. The van der Waals surface area contributed by atoms with Crippen molar-refractivity contribution in [3.05, 3.63) is 39.9 Å². The van der Waals surface area contributed by atoms with E-state index in [-0.39, 0.29) is 17.2 Å². The lowest BCUT2D eigenvalue weighted by molar-refractivity contribution is -0.384. The van der Waals surface area contributed by atoms with Crippen LogP contribution >= 0.6 is 0 Å². The van der Waals surface area contributed by atoms with Gasteiger partial charge in [0.1, 0.15) is 0 Å². The summed E-state index contributed by atoms with van der Waals surface area (Å²) in [6.07, 6.45) is 0. The fraction of sp³-hybridized carbons (Fsp3) is 0.417. The maximum absolute atomic E-state index is 11.7. The quantitative estimate of drug-likeness (QED) is 0.408. The van der Waals surface area contributed by atoms with Crippen molar-refractivity contribution >= 4 is 11.6 Å². The Morgan fingerprint density at radius 3 is 2.84 bits per heavy atom. The predicted octanol–water partition coefficient (Wildman–Crippen LogP) is 0.561. The highest BCUT2D eigenvalue weighted by Crippen LogP contribution is 2.12. The van der Waals surface area contributed by atoms with E-state index in [1.54, 1.807) is 13.2 Å². The molecule has 0 aliphatic carbocycles. The Kier molecular flexibility index (Phi) is 6.48. The molecule has 0 aliphatic heterocycles. The van der Waals surface area contributed by atoms with Gasteiger partial charge in [-0.25, -0.2) is 0 Å². The smallest absolute Gasteiger partial charge is 0.270 e. The molecule has 0 aromatic heterocycles. The number of benzene rings is 1. The molecule has 1 rings (SSSR count). The van der Waals surface area contributed by atoms with Gasteiger partial charge >= 0.3 is 0 Å². The van der Waals surface area contributed by atoms with Crippen LogP contribution in [0.4, 0.5) is 5.69 Å². The Balaban J connectivity index is 2.37. The van der Waals surface area contributed by atoms with Gasteiger partial charge in [-0.15, -0.1) is 0 Å². The van der Waals surface area contributed by atoms with E-state index in [0.717, 1.165) is 0 Å². The largest absolute Gasteiger partial charge is 0.383 e. The van der Waals surface area contributed by atoms with Crippen LogP contribution in [0, 0.1) is 10.1 Å². The minimum Gasteiger partial charge on any atom is -0.383 e. The van der Waals surface area contributed by atoms with E-state index in [1.807, 2.05) is 0 Å². The third-order valence-corrected chi connectivity index (χ3v) is 2.39. The van der Waals surface area contributed by atoms with E-state index < -0.39 is 4.92 Å². The van der Waals surface area contributed by atoms with Crippen LogP contribution in [-0.4, -0.2) is 44.2 Å². The zero-order valence-electron chi connectivity index (χ0n) is 10.7. The van der Waals surface area contributed by atoms with Crippen LogP contribution in [0.2, 0.25) is 0 Å². The molecule has 0 saturated carbocycles. The highest BCUT2D eigenvalue weighted by molar-refractivity contribution is 5.94. The van der Waals surface area contributed by atoms with Gasteiger partial charge in [0.2, 0.25) is 0 Å². The molecule has 19 heavy (non-hydrogen) atoms. The molecule has 0 aliphatic rings. The maximum Gasteiger partial charge on any atom is 0.270 e. The van der Waals surface area contributed by atoms with E-state index in [4.69, 9.17) is 4.74 Å². The van der Waals surface area contributed by atoms with Gasteiger partial charge in [0.05, 0.1) is 11.5 Å². The van der Waals surface area contributed by atoms with Gasteiger partial charge in [-0.05, 0) is 6.07 Å². The number of carbonyl (C=O) groups excluding carboxylic acids is 1. The Morgan fingerprint density at radius 1 is 1.37 bits per heavy atom. The number of hydrogen-bond donors (Lipinski definition) is 2. The number of non-ortho nitro benzene ring substituents is 1. The first-order valence-electron chi connectivity index (χ1n) is 5.87. The Labute approximate surface area is 111 Å². The van der Waals surface area contributed by atoms with Gasteiger partial charge < -0.3 is 15.4 Å². The monoisotopic (exact) mass is 267 g/mol. The number of hydrogen-bond acceptors (Lipinski definition) is 5. The van der Waals surface area contributed by atoms with Crippen molar-refractivity contribution in [1.29, 1.82) is 0 Å². The highest BCUT2D eigenvalue weighted by Gasteiger charge is 2.10. The number of rotatable bonds is 8. The third kappa shape index (κ3) is 5.45. The number of nitro benzene ring substituents is 1. The van der Waals surface area contributed by atoms with Crippen LogP contribution in [0.15, 0.2) is 24.3 Å². The van der Waals surface area contributed by atoms with Gasteiger partial charge in [-0.1, -0.05) is 6.07 Å². The normalized spacial score (nSPS) is 10.2. The number of amides is 1.